The maximum Gasteiger partial charge on any atom is 0.137 e. The summed E-state index contributed by atoms with van der Waals surface area (Å²) in [6.07, 6.45) is 1.89. The normalized spacial score (nSPS) is 16.9. The number of halogens is 1. The Bertz CT molecular complexity index is 508. The summed E-state index contributed by atoms with van der Waals surface area (Å²) in [6, 6.07) is 2.14. The van der Waals surface area contributed by atoms with Crippen LogP contribution in [0.3, 0.4) is 0 Å². The fraction of sp³-hybridized carbons (Fsp3) is 0.364. The molecule has 0 bridgehead atoms. The third-order valence-electron chi connectivity index (χ3n) is 2.73. The van der Waals surface area contributed by atoms with Gasteiger partial charge < -0.3 is 9.64 Å². The molecule has 84 valence electrons. The molecule has 16 heavy (non-hydrogen) atoms. The van der Waals surface area contributed by atoms with Gasteiger partial charge in [0.1, 0.15) is 5.82 Å². The number of ether oxygens (including phenoxy) is 1. The lowest BCUT2D eigenvalue weighted by atomic mass is 10.3. The molecule has 5 heteroatoms. The summed E-state index contributed by atoms with van der Waals surface area (Å²) in [6.45, 7) is 3.45. The Hall–Kier alpha value is -0.650. The van der Waals surface area contributed by atoms with Crippen LogP contribution in [0.2, 0.25) is 0 Å². The van der Waals surface area contributed by atoms with Crippen LogP contribution in [0.4, 0.5) is 5.82 Å². The van der Waals surface area contributed by atoms with Crippen molar-refractivity contribution in [3.05, 3.63) is 22.1 Å². The SMILES string of the molecule is Brc1cnc(N2CCOCC2)c2ccsc12. The van der Waals surface area contributed by atoms with E-state index >= 15 is 0 Å². The van der Waals surface area contributed by atoms with Gasteiger partial charge in [-0.25, -0.2) is 4.98 Å². The van der Waals surface area contributed by atoms with Crippen LogP contribution in [0, 0.1) is 0 Å². The second-order valence-electron chi connectivity index (χ2n) is 3.69. The van der Waals surface area contributed by atoms with Crippen LogP contribution in [0.5, 0.6) is 0 Å². The number of nitrogens with zero attached hydrogens (tertiary/aromatic N) is 2. The van der Waals surface area contributed by atoms with Gasteiger partial charge in [0.2, 0.25) is 0 Å². The second-order valence-corrected chi connectivity index (χ2v) is 5.46. The quantitative estimate of drug-likeness (QED) is 0.809. The largest absolute Gasteiger partial charge is 0.378 e. The zero-order chi connectivity index (χ0) is 11.0. The maximum absolute atomic E-state index is 5.36. The summed E-state index contributed by atoms with van der Waals surface area (Å²) in [4.78, 5) is 6.83. The second kappa shape index (κ2) is 4.31. The van der Waals surface area contributed by atoms with Gasteiger partial charge in [-0.1, -0.05) is 0 Å². The molecule has 0 saturated carbocycles. The number of thiophene rings is 1. The van der Waals surface area contributed by atoms with Crippen molar-refractivity contribution in [2.24, 2.45) is 0 Å². The van der Waals surface area contributed by atoms with E-state index in [0.717, 1.165) is 36.6 Å². The molecule has 0 amide bonds. The van der Waals surface area contributed by atoms with Gasteiger partial charge >= 0.3 is 0 Å². The van der Waals surface area contributed by atoms with Crippen molar-refractivity contribution >= 4 is 43.2 Å². The zero-order valence-corrected chi connectivity index (χ0v) is 11.1. The lowest BCUT2D eigenvalue weighted by Crippen LogP contribution is -2.36. The summed E-state index contributed by atoms with van der Waals surface area (Å²) in [7, 11) is 0. The summed E-state index contributed by atoms with van der Waals surface area (Å²) < 4.78 is 7.72. The van der Waals surface area contributed by atoms with Crippen LogP contribution in [0.1, 0.15) is 0 Å². The Morgan fingerprint density at radius 3 is 3.00 bits per heavy atom. The molecule has 0 radical (unpaired) electrons. The molecule has 1 aliphatic heterocycles. The maximum atomic E-state index is 5.36. The van der Waals surface area contributed by atoms with Gasteiger partial charge in [0, 0.05) is 24.7 Å². The van der Waals surface area contributed by atoms with E-state index < -0.39 is 0 Å². The molecule has 1 saturated heterocycles. The molecule has 2 aromatic heterocycles. The van der Waals surface area contributed by atoms with E-state index in [1.165, 1.54) is 10.1 Å². The first-order valence-corrected chi connectivity index (χ1v) is 6.88. The monoisotopic (exact) mass is 298 g/mol. The summed E-state index contributed by atoms with van der Waals surface area (Å²) in [5.74, 6) is 1.09. The topological polar surface area (TPSA) is 25.4 Å². The van der Waals surface area contributed by atoms with Crippen LogP contribution in [-0.4, -0.2) is 31.3 Å². The molecule has 3 nitrogen and oxygen atoms in total. The molecule has 0 unspecified atom stereocenters. The first-order valence-electron chi connectivity index (χ1n) is 5.20. The molecule has 0 atom stereocenters. The standard InChI is InChI=1S/C11H11BrN2OS/c12-9-7-13-11(8-1-6-16-10(8)9)14-2-4-15-5-3-14/h1,6-7H,2-5H2. The minimum absolute atomic E-state index is 0.795. The predicted octanol–water partition coefficient (Wildman–Crippen LogP) is 2.90. The molecule has 3 heterocycles. The van der Waals surface area contributed by atoms with Crippen LogP contribution < -0.4 is 4.90 Å². The van der Waals surface area contributed by atoms with Crippen molar-refractivity contribution in [1.29, 1.82) is 0 Å². The van der Waals surface area contributed by atoms with Crippen molar-refractivity contribution in [1.82, 2.24) is 4.98 Å². The lowest BCUT2D eigenvalue weighted by molar-refractivity contribution is 0.122. The van der Waals surface area contributed by atoms with Crippen molar-refractivity contribution in [3.8, 4) is 0 Å². The minimum Gasteiger partial charge on any atom is -0.378 e. The average Bonchev–Trinajstić information content (AvgIpc) is 2.81. The van der Waals surface area contributed by atoms with E-state index in [4.69, 9.17) is 4.74 Å². The van der Waals surface area contributed by atoms with Crippen LogP contribution in [-0.2, 0) is 4.74 Å². The highest BCUT2D eigenvalue weighted by atomic mass is 79.9. The Morgan fingerprint density at radius 1 is 1.38 bits per heavy atom. The third kappa shape index (κ3) is 1.73. The molecule has 0 aliphatic carbocycles. The molecule has 0 N–H and O–H groups in total. The summed E-state index contributed by atoms with van der Waals surface area (Å²) in [5, 5.41) is 3.35. The average molecular weight is 299 g/mol. The smallest absolute Gasteiger partial charge is 0.137 e. The first-order chi connectivity index (χ1) is 7.86. The first kappa shape index (κ1) is 10.5. The number of rotatable bonds is 1. The summed E-state index contributed by atoms with van der Waals surface area (Å²) in [5.41, 5.74) is 0. The van der Waals surface area contributed by atoms with Gasteiger partial charge in [0.25, 0.3) is 0 Å². The molecule has 3 rings (SSSR count). The van der Waals surface area contributed by atoms with E-state index in [-0.39, 0.29) is 0 Å². The number of hydrogen-bond donors (Lipinski definition) is 0. The fourth-order valence-corrected chi connectivity index (χ4v) is 3.33. The van der Waals surface area contributed by atoms with Crippen molar-refractivity contribution in [3.63, 3.8) is 0 Å². The number of anilines is 1. The zero-order valence-electron chi connectivity index (χ0n) is 8.65. The number of aromatic nitrogens is 1. The van der Waals surface area contributed by atoms with E-state index in [0.29, 0.717) is 0 Å². The molecule has 1 fully saturated rings. The van der Waals surface area contributed by atoms with E-state index in [9.17, 15) is 0 Å². The number of hydrogen-bond acceptors (Lipinski definition) is 4. The van der Waals surface area contributed by atoms with Gasteiger partial charge in [-0.2, -0.15) is 0 Å². The number of pyridine rings is 1. The highest BCUT2D eigenvalue weighted by Gasteiger charge is 2.16. The highest BCUT2D eigenvalue weighted by Crippen LogP contribution is 2.34. The van der Waals surface area contributed by atoms with E-state index in [1.54, 1.807) is 11.3 Å². The molecule has 1 aliphatic rings. The van der Waals surface area contributed by atoms with Gasteiger partial charge in [0.05, 0.1) is 22.4 Å². The lowest BCUT2D eigenvalue weighted by Gasteiger charge is -2.28. The van der Waals surface area contributed by atoms with Crippen LogP contribution >= 0.6 is 27.3 Å². The molecule has 0 spiro atoms. The van der Waals surface area contributed by atoms with Crippen molar-refractivity contribution in [2.45, 2.75) is 0 Å². The number of fused-ring (bicyclic) bond motifs is 1. The third-order valence-corrected chi connectivity index (χ3v) is 4.55. The molecular weight excluding hydrogens is 288 g/mol. The summed E-state index contributed by atoms with van der Waals surface area (Å²) >= 11 is 5.29. The van der Waals surface area contributed by atoms with Gasteiger partial charge in [-0.3, -0.25) is 0 Å². The van der Waals surface area contributed by atoms with Gasteiger partial charge in [-0.15, -0.1) is 11.3 Å². The van der Waals surface area contributed by atoms with Gasteiger partial charge in [-0.05, 0) is 27.4 Å². The van der Waals surface area contributed by atoms with Crippen molar-refractivity contribution < 1.29 is 4.74 Å². The predicted molar refractivity (Wildman–Crippen MR) is 70.4 cm³/mol. The Kier molecular flexibility index (Phi) is 2.83. The van der Waals surface area contributed by atoms with E-state index in [2.05, 4.69) is 37.3 Å². The number of morpholine rings is 1. The Morgan fingerprint density at radius 2 is 2.19 bits per heavy atom. The molecule has 0 aromatic carbocycles. The highest BCUT2D eigenvalue weighted by molar-refractivity contribution is 9.10. The fourth-order valence-electron chi connectivity index (χ4n) is 1.94. The van der Waals surface area contributed by atoms with Crippen LogP contribution in [0.25, 0.3) is 10.1 Å². The van der Waals surface area contributed by atoms with E-state index in [1.807, 2.05) is 6.20 Å². The Labute approximate surface area is 106 Å². The van der Waals surface area contributed by atoms with Crippen LogP contribution in [0.15, 0.2) is 22.1 Å². The minimum atomic E-state index is 0.795. The molecular formula is C11H11BrN2OS. The van der Waals surface area contributed by atoms with Gasteiger partial charge in [0.15, 0.2) is 0 Å². The molecule has 2 aromatic rings. The van der Waals surface area contributed by atoms with Crippen molar-refractivity contribution in [2.75, 3.05) is 31.2 Å². The Balaban J connectivity index is 2.08.